The minimum absolute atomic E-state index is 0.150. The number of benzene rings is 1. The van der Waals surface area contributed by atoms with Crippen LogP contribution in [0.15, 0.2) is 30.6 Å². The number of aromatic amines is 1. The van der Waals surface area contributed by atoms with Crippen LogP contribution in [0.3, 0.4) is 0 Å². The molecule has 23 heavy (non-hydrogen) atoms. The van der Waals surface area contributed by atoms with Crippen molar-refractivity contribution >= 4 is 17.6 Å². The summed E-state index contributed by atoms with van der Waals surface area (Å²) in [4.78, 5) is 25.4. The Morgan fingerprint density at radius 3 is 2.74 bits per heavy atom. The molecule has 0 fully saturated rings. The Kier molecular flexibility index (Phi) is 5.35. The van der Waals surface area contributed by atoms with Crippen LogP contribution in [0.4, 0.5) is 10.5 Å². The highest BCUT2D eigenvalue weighted by Crippen LogP contribution is 2.17. The molecule has 0 aliphatic carbocycles. The largest absolute Gasteiger partial charge is 0.355 e. The SMILES string of the molecule is CNC(=O)c1ccc(NC(=O)N(C)CCc2cn[nH]c2)c(C)c1. The first-order valence-corrected chi connectivity index (χ1v) is 7.33. The van der Waals surface area contributed by atoms with Gasteiger partial charge in [0.05, 0.1) is 6.20 Å². The molecule has 3 N–H and O–H groups in total. The van der Waals surface area contributed by atoms with Crippen molar-refractivity contribution < 1.29 is 9.59 Å². The Morgan fingerprint density at radius 1 is 1.35 bits per heavy atom. The predicted molar refractivity (Wildman–Crippen MR) is 88.5 cm³/mol. The van der Waals surface area contributed by atoms with Crippen molar-refractivity contribution in [3.63, 3.8) is 0 Å². The van der Waals surface area contributed by atoms with Gasteiger partial charge in [-0.25, -0.2) is 4.79 Å². The Bertz CT molecular complexity index is 682. The van der Waals surface area contributed by atoms with Crippen molar-refractivity contribution in [1.82, 2.24) is 20.4 Å². The van der Waals surface area contributed by atoms with E-state index in [1.165, 1.54) is 0 Å². The minimum Gasteiger partial charge on any atom is -0.355 e. The fraction of sp³-hybridized carbons (Fsp3) is 0.312. The van der Waals surface area contributed by atoms with E-state index in [1.54, 1.807) is 43.4 Å². The third-order valence-corrected chi connectivity index (χ3v) is 3.59. The molecule has 0 unspecified atom stereocenters. The lowest BCUT2D eigenvalue weighted by molar-refractivity contribution is 0.0963. The quantitative estimate of drug-likeness (QED) is 0.785. The van der Waals surface area contributed by atoms with Crippen LogP contribution in [0.5, 0.6) is 0 Å². The summed E-state index contributed by atoms with van der Waals surface area (Å²) in [6, 6.07) is 4.98. The molecule has 0 aliphatic heterocycles. The van der Waals surface area contributed by atoms with Crippen molar-refractivity contribution in [3.8, 4) is 0 Å². The van der Waals surface area contributed by atoms with E-state index in [9.17, 15) is 9.59 Å². The molecule has 0 saturated heterocycles. The Balaban J connectivity index is 1.95. The normalized spacial score (nSPS) is 10.2. The molecule has 0 aliphatic rings. The molecule has 0 atom stereocenters. The van der Waals surface area contributed by atoms with Gasteiger partial charge >= 0.3 is 6.03 Å². The van der Waals surface area contributed by atoms with Gasteiger partial charge in [0, 0.05) is 38.1 Å². The molecule has 122 valence electrons. The molecule has 1 heterocycles. The molecule has 1 aromatic heterocycles. The molecular weight excluding hydrogens is 294 g/mol. The van der Waals surface area contributed by atoms with Crippen molar-refractivity contribution in [3.05, 3.63) is 47.3 Å². The number of carbonyl (C=O) groups is 2. The van der Waals surface area contributed by atoms with Crippen molar-refractivity contribution in [2.24, 2.45) is 0 Å². The predicted octanol–water partition coefficient (Wildman–Crippen LogP) is 1.78. The van der Waals surface area contributed by atoms with Crippen LogP contribution in [0.1, 0.15) is 21.5 Å². The average Bonchev–Trinajstić information content (AvgIpc) is 3.07. The Labute approximate surface area is 135 Å². The molecule has 2 aromatic rings. The van der Waals surface area contributed by atoms with E-state index in [0.29, 0.717) is 17.8 Å². The van der Waals surface area contributed by atoms with Crippen LogP contribution in [0, 0.1) is 6.92 Å². The van der Waals surface area contributed by atoms with Crippen LogP contribution >= 0.6 is 0 Å². The van der Waals surface area contributed by atoms with Crippen LogP contribution in [0.25, 0.3) is 0 Å². The van der Waals surface area contributed by atoms with E-state index in [1.807, 2.05) is 13.1 Å². The third-order valence-electron chi connectivity index (χ3n) is 3.59. The first-order valence-electron chi connectivity index (χ1n) is 7.33. The second-order valence-electron chi connectivity index (χ2n) is 5.32. The number of likely N-dealkylation sites (N-methyl/N-ethyl adjacent to an activating group) is 1. The van der Waals surface area contributed by atoms with Gasteiger partial charge in [-0.3, -0.25) is 9.89 Å². The van der Waals surface area contributed by atoms with Crippen LogP contribution < -0.4 is 10.6 Å². The molecular formula is C16H21N5O2. The maximum absolute atomic E-state index is 12.2. The topological polar surface area (TPSA) is 90.1 Å². The van der Waals surface area contributed by atoms with Crippen LogP contribution in [0.2, 0.25) is 0 Å². The zero-order valence-corrected chi connectivity index (χ0v) is 13.5. The number of aromatic nitrogens is 2. The van der Waals surface area contributed by atoms with Crippen LogP contribution in [-0.4, -0.2) is 47.7 Å². The highest BCUT2D eigenvalue weighted by Gasteiger charge is 2.12. The number of urea groups is 1. The lowest BCUT2D eigenvalue weighted by atomic mass is 10.1. The lowest BCUT2D eigenvalue weighted by Gasteiger charge is -2.18. The third kappa shape index (κ3) is 4.32. The molecule has 0 radical (unpaired) electrons. The first-order chi connectivity index (χ1) is 11.0. The molecule has 0 bridgehead atoms. The van der Waals surface area contributed by atoms with Gasteiger partial charge in [0.1, 0.15) is 0 Å². The van der Waals surface area contributed by atoms with E-state index in [2.05, 4.69) is 20.8 Å². The summed E-state index contributed by atoms with van der Waals surface area (Å²) in [6.45, 7) is 2.44. The van der Waals surface area contributed by atoms with E-state index >= 15 is 0 Å². The second kappa shape index (κ2) is 7.44. The van der Waals surface area contributed by atoms with Gasteiger partial charge in [0.25, 0.3) is 5.91 Å². The number of rotatable bonds is 5. The number of amides is 3. The Morgan fingerprint density at radius 2 is 2.13 bits per heavy atom. The number of nitrogens with one attached hydrogen (secondary N) is 3. The summed E-state index contributed by atoms with van der Waals surface area (Å²) in [5.74, 6) is -0.150. The van der Waals surface area contributed by atoms with E-state index in [0.717, 1.165) is 17.5 Å². The number of aryl methyl sites for hydroxylation is 1. The molecule has 7 heteroatoms. The number of hydrogen-bond donors (Lipinski definition) is 3. The summed E-state index contributed by atoms with van der Waals surface area (Å²) in [5, 5.41) is 12.1. The van der Waals surface area contributed by atoms with Gasteiger partial charge in [-0.15, -0.1) is 0 Å². The summed E-state index contributed by atoms with van der Waals surface area (Å²) < 4.78 is 0. The highest BCUT2D eigenvalue weighted by atomic mass is 16.2. The monoisotopic (exact) mass is 315 g/mol. The zero-order chi connectivity index (χ0) is 16.8. The van der Waals surface area contributed by atoms with Gasteiger partial charge in [-0.2, -0.15) is 5.10 Å². The fourth-order valence-electron chi connectivity index (χ4n) is 2.11. The van der Waals surface area contributed by atoms with E-state index < -0.39 is 0 Å². The first kappa shape index (κ1) is 16.5. The zero-order valence-electron chi connectivity index (χ0n) is 13.5. The maximum Gasteiger partial charge on any atom is 0.321 e. The molecule has 0 spiro atoms. The molecule has 1 aromatic carbocycles. The number of H-pyrrole nitrogens is 1. The summed E-state index contributed by atoms with van der Waals surface area (Å²) in [7, 11) is 3.33. The van der Waals surface area contributed by atoms with Gasteiger partial charge < -0.3 is 15.5 Å². The fourth-order valence-corrected chi connectivity index (χ4v) is 2.11. The smallest absolute Gasteiger partial charge is 0.321 e. The van der Waals surface area contributed by atoms with Gasteiger partial charge in [-0.05, 0) is 42.7 Å². The second-order valence-corrected chi connectivity index (χ2v) is 5.32. The van der Waals surface area contributed by atoms with E-state index in [-0.39, 0.29) is 11.9 Å². The highest BCUT2D eigenvalue weighted by molar-refractivity contribution is 5.96. The van der Waals surface area contributed by atoms with Gasteiger partial charge in [-0.1, -0.05) is 0 Å². The molecule has 3 amide bonds. The summed E-state index contributed by atoms with van der Waals surface area (Å²) >= 11 is 0. The van der Waals surface area contributed by atoms with Crippen molar-refractivity contribution in [2.75, 3.05) is 26.0 Å². The number of anilines is 1. The van der Waals surface area contributed by atoms with Gasteiger partial charge in [0.2, 0.25) is 0 Å². The van der Waals surface area contributed by atoms with Crippen LogP contribution in [-0.2, 0) is 6.42 Å². The lowest BCUT2D eigenvalue weighted by Crippen LogP contribution is -2.33. The van der Waals surface area contributed by atoms with Gasteiger partial charge in [0.15, 0.2) is 0 Å². The molecule has 2 rings (SSSR count). The summed E-state index contributed by atoms with van der Waals surface area (Å²) in [5.41, 5.74) is 3.15. The van der Waals surface area contributed by atoms with E-state index in [4.69, 9.17) is 0 Å². The Hall–Kier alpha value is -2.83. The maximum atomic E-state index is 12.2. The molecule has 0 saturated carbocycles. The number of hydrogen-bond acceptors (Lipinski definition) is 3. The summed E-state index contributed by atoms with van der Waals surface area (Å²) in [6.07, 6.45) is 4.29. The minimum atomic E-state index is -0.190. The molecule has 7 nitrogen and oxygen atoms in total. The standard InChI is InChI=1S/C16H21N5O2/c1-11-8-13(15(22)17-2)4-5-14(11)20-16(23)21(3)7-6-12-9-18-19-10-12/h4-5,8-10H,6-7H2,1-3H3,(H,17,22)(H,18,19)(H,20,23). The number of nitrogens with zero attached hydrogens (tertiary/aromatic N) is 2. The van der Waals surface area contributed by atoms with Crippen molar-refractivity contribution in [1.29, 1.82) is 0 Å². The van der Waals surface area contributed by atoms with Crippen molar-refractivity contribution in [2.45, 2.75) is 13.3 Å². The average molecular weight is 315 g/mol. The number of carbonyl (C=O) groups excluding carboxylic acids is 2.